The van der Waals surface area contributed by atoms with E-state index >= 15 is 0 Å². The Morgan fingerprint density at radius 3 is 2.94 bits per heavy atom. The average molecular weight is 258 g/mol. The minimum absolute atomic E-state index is 0.550. The number of hydrogen-bond donors (Lipinski definition) is 1. The Hall–Kier alpha value is -2.05. The van der Waals surface area contributed by atoms with Crippen LogP contribution in [-0.2, 0) is 6.54 Å². The smallest absolute Gasteiger partial charge is 0.101 e. The van der Waals surface area contributed by atoms with E-state index in [1.54, 1.807) is 18.3 Å². The first-order valence-electron chi connectivity index (χ1n) is 5.53. The Morgan fingerprint density at radius 2 is 2.22 bits per heavy atom. The molecule has 0 bridgehead atoms. The van der Waals surface area contributed by atoms with Gasteiger partial charge in [0.2, 0.25) is 0 Å². The number of benzene rings is 1. The molecule has 2 rings (SSSR count). The summed E-state index contributed by atoms with van der Waals surface area (Å²) in [5.74, 6) is 0. The minimum Gasteiger partial charge on any atom is -0.380 e. The fourth-order valence-corrected chi connectivity index (χ4v) is 1.83. The van der Waals surface area contributed by atoms with Crippen LogP contribution in [0.3, 0.4) is 0 Å². The van der Waals surface area contributed by atoms with Crippen molar-refractivity contribution in [3.63, 3.8) is 0 Å². The van der Waals surface area contributed by atoms with Gasteiger partial charge < -0.3 is 5.32 Å². The van der Waals surface area contributed by atoms with E-state index < -0.39 is 0 Å². The third-order valence-electron chi connectivity index (χ3n) is 2.71. The highest BCUT2D eigenvalue weighted by atomic mass is 35.5. The molecule has 1 aromatic heterocycles. The molecule has 1 heterocycles. The van der Waals surface area contributed by atoms with Gasteiger partial charge in [0.1, 0.15) is 6.07 Å². The van der Waals surface area contributed by atoms with Crippen LogP contribution >= 0.6 is 11.6 Å². The highest BCUT2D eigenvalue weighted by Gasteiger charge is 2.03. The topological polar surface area (TPSA) is 48.7 Å². The molecule has 0 spiro atoms. The number of nitriles is 1. The van der Waals surface area contributed by atoms with Gasteiger partial charge in [0.05, 0.1) is 11.3 Å². The average Bonchev–Trinajstić information content (AvgIpc) is 2.39. The van der Waals surface area contributed by atoms with Gasteiger partial charge in [-0.1, -0.05) is 11.6 Å². The maximum Gasteiger partial charge on any atom is 0.101 e. The number of aryl methyl sites for hydroxylation is 1. The van der Waals surface area contributed by atoms with Crippen molar-refractivity contribution in [3.8, 4) is 6.07 Å². The number of hydrogen-bond acceptors (Lipinski definition) is 3. The van der Waals surface area contributed by atoms with Gasteiger partial charge in [-0.3, -0.25) is 4.98 Å². The summed E-state index contributed by atoms with van der Waals surface area (Å²) in [6, 6.07) is 9.33. The van der Waals surface area contributed by atoms with Gasteiger partial charge >= 0.3 is 0 Å². The summed E-state index contributed by atoms with van der Waals surface area (Å²) in [5.41, 5.74) is 3.62. The van der Waals surface area contributed by atoms with Crippen LogP contribution < -0.4 is 5.32 Å². The number of nitrogens with one attached hydrogen (secondary N) is 1. The standard InChI is InChI=1S/C14H12ClN3/c1-10-8-17-5-4-11(10)9-18-14-3-2-13(15)6-12(14)7-16/h2-6,8,18H,9H2,1H3. The number of rotatable bonds is 3. The third kappa shape index (κ3) is 2.79. The first-order valence-corrected chi connectivity index (χ1v) is 5.91. The molecule has 90 valence electrons. The fourth-order valence-electron chi connectivity index (χ4n) is 1.65. The molecule has 0 aliphatic carbocycles. The lowest BCUT2D eigenvalue weighted by molar-refractivity contribution is 1.09. The molecule has 2 aromatic rings. The fraction of sp³-hybridized carbons (Fsp3) is 0.143. The van der Waals surface area contributed by atoms with E-state index in [0.717, 1.165) is 16.8 Å². The van der Waals surface area contributed by atoms with E-state index in [0.29, 0.717) is 17.1 Å². The summed E-state index contributed by atoms with van der Waals surface area (Å²) in [4.78, 5) is 4.05. The van der Waals surface area contributed by atoms with Crippen LogP contribution in [-0.4, -0.2) is 4.98 Å². The second kappa shape index (κ2) is 5.52. The Bertz CT molecular complexity index is 602. The van der Waals surface area contributed by atoms with Crippen molar-refractivity contribution in [3.05, 3.63) is 58.4 Å². The summed E-state index contributed by atoms with van der Waals surface area (Å²) in [7, 11) is 0. The van der Waals surface area contributed by atoms with Crippen LogP contribution in [0.2, 0.25) is 5.02 Å². The van der Waals surface area contributed by atoms with Gasteiger partial charge in [-0.2, -0.15) is 5.26 Å². The maximum absolute atomic E-state index is 9.04. The predicted molar refractivity (Wildman–Crippen MR) is 72.5 cm³/mol. The highest BCUT2D eigenvalue weighted by Crippen LogP contribution is 2.20. The molecular formula is C14H12ClN3. The van der Waals surface area contributed by atoms with Crippen LogP contribution in [0.4, 0.5) is 5.69 Å². The summed E-state index contributed by atoms with van der Waals surface area (Å²) in [6.07, 6.45) is 3.58. The molecule has 0 aliphatic heterocycles. The Balaban J connectivity index is 2.16. The molecule has 0 aliphatic rings. The second-order valence-corrected chi connectivity index (χ2v) is 4.39. The summed E-state index contributed by atoms with van der Waals surface area (Å²) < 4.78 is 0. The molecule has 0 radical (unpaired) electrons. The van der Waals surface area contributed by atoms with Crippen molar-refractivity contribution in [1.82, 2.24) is 4.98 Å². The molecule has 0 atom stereocenters. The van der Waals surface area contributed by atoms with Crippen molar-refractivity contribution in [1.29, 1.82) is 5.26 Å². The molecule has 0 saturated carbocycles. The van der Waals surface area contributed by atoms with Crippen LogP contribution in [0.15, 0.2) is 36.7 Å². The first kappa shape index (κ1) is 12.4. The molecule has 1 N–H and O–H groups in total. The van der Waals surface area contributed by atoms with Gasteiger partial charge in [-0.05, 0) is 42.3 Å². The summed E-state index contributed by atoms with van der Waals surface area (Å²) in [5, 5.41) is 12.8. The van der Waals surface area contributed by atoms with E-state index in [4.69, 9.17) is 16.9 Å². The van der Waals surface area contributed by atoms with Crippen molar-refractivity contribution < 1.29 is 0 Å². The lowest BCUT2D eigenvalue weighted by Crippen LogP contribution is -2.03. The highest BCUT2D eigenvalue weighted by molar-refractivity contribution is 6.30. The number of pyridine rings is 1. The second-order valence-electron chi connectivity index (χ2n) is 3.96. The molecule has 18 heavy (non-hydrogen) atoms. The van der Waals surface area contributed by atoms with Crippen molar-refractivity contribution >= 4 is 17.3 Å². The molecule has 0 saturated heterocycles. The van der Waals surface area contributed by atoms with Crippen LogP contribution in [0.5, 0.6) is 0 Å². The number of nitrogens with zero attached hydrogens (tertiary/aromatic N) is 2. The van der Waals surface area contributed by atoms with Gasteiger partial charge in [0.15, 0.2) is 0 Å². The predicted octanol–water partition coefficient (Wildman–Crippen LogP) is 3.53. The van der Waals surface area contributed by atoms with Gasteiger partial charge in [0.25, 0.3) is 0 Å². The first-order chi connectivity index (χ1) is 8.70. The van der Waals surface area contributed by atoms with Crippen molar-refractivity contribution in [2.45, 2.75) is 13.5 Å². The molecule has 0 fully saturated rings. The minimum atomic E-state index is 0.550. The zero-order valence-corrected chi connectivity index (χ0v) is 10.7. The summed E-state index contributed by atoms with van der Waals surface area (Å²) >= 11 is 5.85. The lowest BCUT2D eigenvalue weighted by Gasteiger charge is -2.10. The monoisotopic (exact) mass is 257 g/mol. The van der Waals surface area contributed by atoms with E-state index in [-0.39, 0.29) is 0 Å². The number of anilines is 1. The van der Waals surface area contributed by atoms with Crippen LogP contribution in [0, 0.1) is 18.3 Å². The lowest BCUT2D eigenvalue weighted by atomic mass is 10.1. The Morgan fingerprint density at radius 1 is 1.39 bits per heavy atom. The normalized spacial score (nSPS) is 9.83. The van der Waals surface area contributed by atoms with Crippen molar-refractivity contribution in [2.24, 2.45) is 0 Å². The zero-order valence-electron chi connectivity index (χ0n) is 9.94. The summed E-state index contributed by atoms with van der Waals surface area (Å²) in [6.45, 7) is 2.67. The van der Waals surface area contributed by atoms with E-state index in [9.17, 15) is 0 Å². The number of halogens is 1. The quantitative estimate of drug-likeness (QED) is 0.915. The Labute approximate surface area is 111 Å². The Kier molecular flexibility index (Phi) is 3.81. The largest absolute Gasteiger partial charge is 0.380 e. The van der Waals surface area contributed by atoms with E-state index in [1.807, 2.05) is 25.3 Å². The van der Waals surface area contributed by atoms with E-state index in [2.05, 4.69) is 16.4 Å². The van der Waals surface area contributed by atoms with Crippen LogP contribution in [0.25, 0.3) is 0 Å². The van der Waals surface area contributed by atoms with E-state index in [1.165, 1.54) is 0 Å². The molecule has 1 aromatic carbocycles. The SMILES string of the molecule is Cc1cnccc1CNc1ccc(Cl)cc1C#N. The molecule has 3 nitrogen and oxygen atoms in total. The van der Waals surface area contributed by atoms with Gasteiger partial charge in [0, 0.05) is 24.0 Å². The van der Waals surface area contributed by atoms with Gasteiger partial charge in [-0.15, -0.1) is 0 Å². The van der Waals surface area contributed by atoms with Gasteiger partial charge in [-0.25, -0.2) is 0 Å². The number of aromatic nitrogens is 1. The molecule has 4 heteroatoms. The molecule has 0 amide bonds. The third-order valence-corrected chi connectivity index (χ3v) is 2.94. The van der Waals surface area contributed by atoms with Crippen LogP contribution in [0.1, 0.15) is 16.7 Å². The zero-order chi connectivity index (χ0) is 13.0. The van der Waals surface area contributed by atoms with Crippen molar-refractivity contribution in [2.75, 3.05) is 5.32 Å². The maximum atomic E-state index is 9.04. The molecule has 0 unspecified atom stereocenters. The molecular weight excluding hydrogens is 246 g/mol.